The quantitative estimate of drug-likeness (QED) is 0.355. The number of nitrogen functional groups attached to an aromatic ring is 1. The van der Waals surface area contributed by atoms with Crippen LogP contribution in [0.25, 0.3) is 32.2 Å². The van der Waals surface area contributed by atoms with Crippen molar-refractivity contribution >= 4 is 57.8 Å². The Kier molecular flexibility index (Phi) is 6.02. The Morgan fingerprint density at radius 2 is 2.08 bits per heavy atom. The van der Waals surface area contributed by atoms with Crippen molar-refractivity contribution in [2.24, 2.45) is 11.8 Å². The van der Waals surface area contributed by atoms with Gasteiger partial charge in [0.15, 0.2) is 5.82 Å². The number of halogens is 1. The number of nitriles is 1. The molecule has 6 rings (SSSR count). The van der Waals surface area contributed by atoms with Crippen LogP contribution in [0.15, 0.2) is 12.4 Å². The molecule has 37 heavy (non-hydrogen) atoms. The van der Waals surface area contributed by atoms with Gasteiger partial charge in [-0.1, -0.05) is 13.8 Å². The van der Waals surface area contributed by atoms with E-state index >= 15 is 0 Å². The van der Waals surface area contributed by atoms with Crippen LogP contribution < -0.4 is 15.9 Å². The molecule has 3 aromatic heterocycles. The molecule has 1 aromatic carbocycles. The molecular formula is C27H28FN6OPS. The van der Waals surface area contributed by atoms with Crippen LogP contribution in [0.2, 0.25) is 0 Å². The number of ether oxygens (including phenoxy) is 1. The maximum Gasteiger partial charge on any atom is 0.226 e. The zero-order chi connectivity index (χ0) is 26.0. The van der Waals surface area contributed by atoms with Gasteiger partial charge in [0.1, 0.15) is 11.1 Å². The minimum Gasteiger partial charge on any atom is -0.389 e. The molecule has 2 N–H and O–H groups in total. The summed E-state index contributed by atoms with van der Waals surface area (Å²) < 4.78 is 20.9. The third-order valence-corrected chi connectivity index (χ3v) is 9.36. The fraction of sp³-hybridized carbons (Fsp3) is 0.407. The van der Waals surface area contributed by atoms with Gasteiger partial charge in [-0.3, -0.25) is 4.98 Å². The molecule has 0 bridgehead atoms. The standard InChI is InChI=1S/C27H28FN6OPS/c1-12(2)6-14-4-5-34(13(14)3)27-32-8-16-17-10-35-11-18(17)20(24(36)22(16)33-27)23-21-15(7-29)26(30)37-25(21)19(28)9-31-23/h8-9,12-14H,4-6,10-11,30,36H2,1-3H3. The van der Waals surface area contributed by atoms with Crippen LogP contribution in [0.3, 0.4) is 0 Å². The lowest BCUT2D eigenvalue weighted by molar-refractivity contribution is 0.135. The molecule has 5 heterocycles. The second-order valence-corrected chi connectivity index (χ2v) is 12.0. The fourth-order valence-corrected chi connectivity index (χ4v) is 7.43. The zero-order valence-corrected chi connectivity index (χ0v) is 23.0. The number of thiophene rings is 1. The van der Waals surface area contributed by atoms with Crippen LogP contribution in [0.1, 0.15) is 50.3 Å². The van der Waals surface area contributed by atoms with Gasteiger partial charge in [0, 0.05) is 40.4 Å². The van der Waals surface area contributed by atoms with E-state index in [1.54, 1.807) is 0 Å². The molecule has 3 unspecified atom stereocenters. The zero-order valence-electron chi connectivity index (χ0n) is 21.0. The molecule has 2 aliphatic heterocycles. The third-order valence-electron chi connectivity index (χ3n) is 7.77. The van der Waals surface area contributed by atoms with Crippen molar-refractivity contribution in [1.29, 1.82) is 5.26 Å². The van der Waals surface area contributed by atoms with Crippen LogP contribution in [-0.2, 0) is 18.0 Å². The number of pyridine rings is 1. The summed E-state index contributed by atoms with van der Waals surface area (Å²) in [6.07, 6.45) is 5.43. The van der Waals surface area contributed by atoms with Crippen molar-refractivity contribution < 1.29 is 9.13 Å². The normalized spacial score (nSPS) is 19.3. The van der Waals surface area contributed by atoms with E-state index in [2.05, 4.69) is 46.0 Å². The molecule has 1 saturated heterocycles. The average molecular weight is 535 g/mol. The van der Waals surface area contributed by atoms with Crippen molar-refractivity contribution in [3.63, 3.8) is 0 Å². The number of fused-ring (bicyclic) bond motifs is 4. The first-order chi connectivity index (χ1) is 17.8. The number of nitrogens with two attached hydrogens (primary N) is 1. The summed E-state index contributed by atoms with van der Waals surface area (Å²) in [5.41, 5.74) is 10.5. The Hall–Kier alpha value is -2.92. The number of hydrogen-bond donors (Lipinski definition) is 1. The van der Waals surface area contributed by atoms with Gasteiger partial charge >= 0.3 is 0 Å². The van der Waals surface area contributed by atoms with Crippen LogP contribution in [0.4, 0.5) is 15.3 Å². The van der Waals surface area contributed by atoms with Crippen molar-refractivity contribution in [3.05, 3.63) is 34.9 Å². The molecule has 2 aliphatic rings. The van der Waals surface area contributed by atoms with Crippen molar-refractivity contribution in [2.75, 3.05) is 17.2 Å². The Balaban J connectivity index is 1.57. The lowest BCUT2D eigenvalue weighted by atomic mass is 9.91. The Morgan fingerprint density at radius 3 is 2.84 bits per heavy atom. The Morgan fingerprint density at radius 1 is 1.30 bits per heavy atom. The Bertz CT molecular complexity index is 1610. The second kappa shape index (κ2) is 9.13. The molecule has 0 aliphatic carbocycles. The molecule has 4 aromatic rings. The van der Waals surface area contributed by atoms with E-state index in [0.29, 0.717) is 46.9 Å². The molecule has 0 radical (unpaired) electrons. The summed E-state index contributed by atoms with van der Waals surface area (Å²) in [4.78, 5) is 16.7. The molecular weight excluding hydrogens is 506 g/mol. The molecule has 0 spiro atoms. The largest absolute Gasteiger partial charge is 0.389 e. The van der Waals surface area contributed by atoms with Gasteiger partial charge in [0.2, 0.25) is 5.95 Å². The topological polar surface area (TPSA) is 101 Å². The first-order valence-electron chi connectivity index (χ1n) is 12.5. The average Bonchev–Trinajstić information content (AvgIpc) is 3.58. The number of hydrogen-bond acceptors (Lipinski definition) is 8. The Labute approximate surface area is 221 Å². The van der Waals surface area contributed by atoms with Gasteiger partial charge in [0.05, 0.1) is 40.9 Å². The number of anilines is 2. The minimum atomic E-state index is -0.487. The predicted octanol–water partition coefficient (Wildman–Crippen LogP) is 5.29. The van der Waals surface area contributed by atoms with Gasteiger partial charge in [-0.25, -0.2) is 14.4 Å². The number of rotatable bonds is 4. The number of nitrogens with zero attached hydrogens (tertiary/aromatic N) is 5. The minimum absolute atomic E-state index is 0.254. The second-order valence-electron chi connectivity index (χ2n) is 10.4. The summed E-state index contributed by atoms with van der Waals surface area (Å²) in [6, 6.07) is 2.51. The summed E-state index contributed by atoms with van der Waals surface area (Å²) >= 11 is 1.08. The smallest absolute Gasteiger partial charge is 0.226 e. The lowest BCUT2D eigenvalue weighted by Crippen LogP contribution is -2.32. The first kappa shape index (κ1) is 24.4. The highest BCUT2D eigenvalue weighted by molar-refractivity contribution is 7.29. The van der Waals surface area contributed by atoms with E-state index in [1.165, 1.54) is 12.6 Å². The van der Waals surface area contributed by atoms with E-state index in [4.69, 9.17) is 20.4 Å². The molecule has 190 valence electrons. The van der Waals surface area contributed by atoms with Gasteiger partial charge in [-0.05, 0) is 42.7 Å². The summed E-state index contributed by atoms with van der Waals surface area (Å²) in [5, 5.41) is 12.3. The predicted molar refractivity (Wildman–Crippen MR) is 149 cm³/mol. The third kappa shape index (κ3) is 3.77. The highest BCUT2D eigenvalue weighted by Crippen LogP contribution is 2.43. The maximum absolute atomic E-state index is 14.7. The van der Waals surface area contributed by atoms with Crippen LogP contribution in [-0.4, -0.2) is 27.5 Å². The van der Waals surface area contributed by atoms with E-state index in [9.17, 15) is 9.65 Å². The maximum atomic E-state index is 14.7. The van der Waals surface area contributed by atoms with E-state index < -0.39 is 5.82 Å². The molecule has 0 amide bonds. The molecule has 7 nitrogen and oxygen atoms in total. The van der Waals surface area contributed by atoms with Gasteiger partial charge in [-0.15, -0.1) is 20.6 Å². The van der Waals surface area contributed by atoms with Gasteiger partial charge < -0.3 is 15.4 Å². The highest BCUT2D eigenvalue weighted by atomic mass is 32.1. The summed E-state index contributed by atoms with van der Waals surface area (Å²) in [6.45, 7) is 8.56. The summed E-state index contributed by atoms with van der Waals surface area (Å²) in [5.74, 6) is 1.50. The number of benzene rings is 1. The lowest BCUT2D eigenvalue weighted by Gasteiger charge is -2.26. The molecule has 1 fully saturated rings. The van der Waals surface area contributed by atoms with Crippen LogP contribution in [0, 0.1) is 29.0 Å². The molecule has 0 saturated carbocycles. The highest BCUT2D eigenvalue weighted by Gasteiger charge is 2.34. The fourth-order valence-electron chi connectivity index (χ4n) is 5.98. The van der Waals surface area contributed by atoms with E-state index in [1.807, 2.05) is 6.20 Å². The van der Waals surface area contributed by atoms with Crippen molar-refractivity contribution in [3.8, 4) is 17.3 Å². The monoisotopic (exact) mass is 534 g/mol. The van der Waals surface area contributed by atoms with Crippen molar-refractivity contribution in [2.45, 2.75) is 52.9 Å². The van der Waals surface area contributed by atoms with E-state index in [-0.39, 0.29) is 10.6 Å². The first-order valence-corrected chi connectivity index (χ1v) is 13.9. The van der Waals surface area contributed by atoms with Crippen LogP contribution in [0.5, 0.6) is 0 Å². The van der Waals surface area contributed by atoms with Crippen LogP contribution >= 0.6 is 20.6 Å². The SMILES string of the molecule is CC(C)CC1CCN(c2ncc3c4c(c(-c5ncc(F)c6sc(N)c(C#N)c56)c(P)c3n2)COC4)C1C. The van der Waals surface area contributed by atoms with Gasteiger partial charge in [-0.2, -0.15) is 5.26 Å². The summed E-state index contributed by atoms with van der Waals surface area (Å²) in [7, 11) is 2.82. The molecule has 10 heteroatoms. The van der Waals surface area contributed by atoms with E-state index in [0.717, 1.165) is 63.1 Å². The van der Waals surface area contributed by atoms with Gasteiger partial charge in [0.25, 0.3) is 0 Å². The molecule has 3 atom stereocenters. The van der Waals surface area contributed by atoms with Crippen molar-refractivity contribution in [1.82, 2.24) is 15.0 Å². The number of aromatic nitrogens is 3.